The minimum Gasteiger partial charge on any atom is -0.397 e. The quantitative estimate of drug-likeness (QED) is 0.832. The number of benzene rings is 1. The number of rotatable bonds is 2. The van der Waals surface area contributed by atoms with Crippen LogP contribution in [0, 0.1) is 18.3 Å². The summed E-state index contributed by atoms with van der Waals surface area (Å²) in [6.45, 7) is 1.84. The lowest BCUT2D eigenvalue weighted by Crippen LogP contribution is -2.12. The first-order chi connectivity index (χ1) is 9.02. The molecule has 0 saturated carbocycles. The molecule has 1 aromatic carbocycles. The Morgan fingerprint density at radius 3 is 2.79 bits per heavy atom. The molecule has 19 heavy (non-hydrogen) atoms. The molecular weight excluding hydrogens is 282 g/mol. The second kappa shape index (κ2) is 5.31. The van der Waals surface area contributed by atoms with E-state index in [0.717, 1.165) is 5.56 Å². The number of nitrogens with two attached hydrogens (primary N) is 1. The van der Waals surface area contributed by atoms with E-state index in [1.54, 1.807) is 12.1 Å². The number of nitrogen functional groups attached to an aromatic ring is 1. The third-order valence-electron chi connectivity index (χ3n) is 2.53. The Morgan fingerprint density at radius 1 is 1.53 bits per heavy atom. The predicted molar refractivity (Wildman–Crippen MR) is 77.6 cm³/mol. The van der Waals surface area contributed by atoms with Crippen LogP contribution in [0.25, 0.3) is 0 Å². The highest BCUT2D eigenvalue weighted by molar-refractivity contribution is 7.13. The Kier molecular flexibility index (Phi) is 3.74. The van der Waals surface area contributed by atoms with Crippen molar-refractivity contribution in [3.63, 3.8) is 0 Å². The summed E-state index contributed by atoms with van der Waals surface area (Å²) in [5.74, 6) is -0.306. The van der Waals surface area contributed by atoms with Crippen LogP contribution in [0.4, 0.5) is 11.4 Å². The molecule has 0 fully saturated rings. The average molecular weight is 292 g/mol. The van der Waals surface area contributed by atoms with E-state index in [4.69, 9.17) is 22.6 Å². The first kappa shape index (κ1) is 13.4. The second-order valence-corrected chi connectivity index (χ2v) is 5.19. The van der Waals surface area contributed by atoms with Gasteiger partial charge in [0.1, 0.15) is 4.88 Å². The van der Waals surface area contributed by atoms with Gasteiger partial charge in [0.15, 0.2) is 0 Å². The number of carbonyl (C=O) groups is 1. The standard InChI is InChI=1S/C13H10ClN3OS/c1-7-6-19-12(11(7)14)13(18)17-10-3-2-8(5-15)4-9(10)16/h2-4,6H,16H2,1H3,(H,17,18). The monoisotopic (exact) mass is 291 g/mol. The van der Waals surface area contributed by atoms with Gasteiger partial charge in [0.25, 0.3) is 5.91 Å². The fraction of sp³-hybridized carbons (Fsp3) is 0.0769. The van der Waals surface area contributed by atoms with Gasteiger partial charge >= 0.3 is 0 Å². The summed E-state index contributed by atoms with van der Waals surface area (Å²) in [7, 11) is 0. The molecule has 0 bridgehead atoms. The van der Waals surface area contributed by atoms with E-state index in [0.29, 0.717) is 26.8 Å². The second-order valence-electron chi connectivity index (χ2n) is 3.93. The number of aryl methyl sites for hydroxylation is 1. The highest BCUT2D eigenvalue weighted by Gasteiger charge is 2.15. The van der Waals surface area contributed by atoms with Crippen LogP contribution in [0.1, 0.15) is 20.8 Å². The van der Waals surface area contributed by atoms with Crippen molar-refractivity contribution in [3.8, 4) is 6.07 Å². The van der Waals surface area contributed by atoms with Crippen molar-refractivity contribution < 1.29 is 4.79 Å². The largest absolute Gasteiger partial charge is 0.397 e. The molecule has 1 amide bonds. The van der Waals surface area contributed by atoms with Gasteiger partial charge in [-0.15, -0.1) is 11.3 Å². The maximum absolute atomic E-state index is 12.0. The number of halogens is 1. The molecule has 0 saturated heterocycles. The number of anilines is 2. The summed E-state index contributed by atoms with van der Waals surface area (Å²) in [6, 6.07) is 6.68. The number of nitrogens with one attached hydrogen (secondary N) is 1. The summed E-state index contributed by atoms with van der Waals surface area (Å²) < 4.78 is 0. The van der Waals surface area contributed by atoms with Gasteiger partial charge in [0, 0.05) is 0 Å². The van der Waals surface area contributed by atoms with Gasteiger partial charge in [-0.05, 0) is 36.1 Å². The van der Waals surface area contributed by atoms with Gasteiger partial charge in [-0.2, -0.15) is 5.26 Å². The van der Waals surface area contributed by atoms with E-state index in [2.05, 4.69) is 5.32 Å². The molecule has 2 rings (SSSR count). The Morgan fingerprint density at radius 2 is 2.26 bits per heavy atom. The molecule has 0 radical (unpaired) electrons. The summed E-state index contributed by atoms with van der Waals surface area (Å²) in [6.07, 6.45) is 0. The van der Waals surface area contributed by atoms with Gasteiger partial charge in [-0.3, -0.25) is 4.79 Å². The zero-order valence-electron chi connectivity index (χ0n) is 10.0. The SMILES string of the molecule is Cc1csc(C(=O)Nc2ccc(C#N)cc2N)c1Cl. The molecule has 0 spiro atoms. The number of hydrogen-bond acceptors (Lipinski definition) is 4. The highest BCUT2D eigenvalue weighted by Crippen LogP contribution is 2.28. The maximum Gasteiger partial charge on any atom is 0.267 e. The van der Waals surface area contributed by atoms with Gasteiger partial charge in [0.05, 0.1) is 28.0 Å². The van der Waals surface area contributed by atoms with Crippen molar-refractivity contribution in [2.75, 3.05) is 11.1 Å². The van der Waals surface area contributed by atoms with Crippen molar-refractivity contribution in [3.05, 3.63) is 44.6 Å². The molecule has 2 aromatic rings. The average Bonchev–Trinajstić information content (AvgIpc) is 2.72. The van der Waals surface area contributed by atoms with Crippen LogP contribution in [0.2, 0.25) is 5.02 Å². The molecular formula is C13H10ClN3OS. The van der Waals surface area contributed by atoms with E-state index in [-0.39, 0.29) is 5.91 Å². The maximum atomic E-state index is 12.0. The molecule has 1 heterocycles. The third kappa shape index (κ3) is 2.70. The topological polar surface area (TPSA) is 78.9 Å². The lowest BCUT2D eigenvalue weighted by atomic mass is 10.2. The van der Waals surface area contributed by atoms with Gasteiger partial charge < -0.3 is 11.1 Å². The first-order valence-electron chi connectivity index (χ1n) is 5.37. The lowest BCUT2D eigenvalue weighted by Gasteiger charge is -2.07. The van der Waals surface area contributed by atoms with E-state index < -0.39 is 0 Å². The normalized spacial score (nSPS) is 9.95. The zero-order chi connectivity index (χ0) is 14.0. The van der Waals surface area contributed by atoms with Gasteiger partial charge in [0.2, 0.25) is 0 Å². The Bertz CT molecular complexity index is 688. The van der Waals surface area contributed by atoms with Crippen LogP contribution in [0.5, 0.6) is 0 Å². The molecule has 0 unspecified atom stereocenters. The highest BCUT2D eigenvalue weighted by atomic mass is 35.5. The van der Waals surface area contributed by atoms with E-state index in [1.807, 2.05) is 18.4 Å². The number of hydrogen-bond donors (Lipinski definition) is 2. The summed E-state index contributed by atoms with van der Waals surface area (Å²) in [4.78, 5) is 12.5. The molecule has 1 aromatic heterocycles. The molecule has 4 nitrogen and oxygen atoms in total. The molecule has 0 aliphatic rings. The smallest absolute Gasteiger partial charge is 0.267 e. The number of thiophene rings is 1. The molecule has 0 atom stereocenters. The summed E-state index contributed by atoms with van der Waals surface area (Å²) in [5.41, 5.74) is 7.89. The summed E-state index contributed by atoms with van der Waals surface area (Å²) >= 11 is 7.31. The van der Waals surface area contributed by atoms with E-state index in [1.165, 1.54) is 17.4 Å². The predicted octanol–water partition coefficient (Wildman–Crippen LogP) is 3.42. The first-order valence-corrected chi connectivity index (χ1v) is 6.63. The Labute approximate surface area is 119 Å². The minimum absolute atomic E-state index is 0.306. The van der Waals surface area contributed by atoms with Crippen LogP contribution in [-0.2, 0) is 0 Å². The van der Waals surface area contributed by atoms with Crippen molar-refractivity contribution in [2.45, 2.75) is 6.92 Å². The molecule has 3 N–H and O–H groups in total. The minimum atomic E-state index is -0.306. The van der Waals surface area contributed by atoms with E-state index >= 15 is 0 Å². The van der Waals surface area contributed by atoms with Crippen molar-refractivity contribution in [1.82, 2.24) is 0 Å². The van der Waals surface area contributed by atoms with Crippen LogP contribution < -0.4 is 11.1 Å². The molecule has 0 aliphatic carbocycles. The molecule has 0 aliphatic heterocycles. The molecule has 96 valence electrons. The Balaban J connectivity index is 2.25. The number of amides is 1. The summed E-state index contributed by atoms with van der Waals surface area (Å²) in [5, 5.41) is 13.7. The fourth-order valence-electron chi connectivity index (χ4n) is 1.51. The van der Waals surface area contributed by atoms with Gasteiger partial charge in [-0.25, -0.2) is 0 Å². The number of nitriles is 1. The third-order valence-corrected chi connectivity index (χ3v) is 4.23. The van der Waals surface area contributed by atoms with Crippen molar-refractivity contribution in [1.29, 1.82) is 5.26 Å². The van der Waals surface area contributed by atoms with Crippen LogP contribution >= 0.6 is 22.9 Å². The van der Waals surface area contributed by atoms with E-state index in [9.17, 15) is 4.79 Å². The number of carbonyl (C=O) groups excluding carboxylic acids is 1. The van der Waals surface area contributed by atoms with Crippen LogP contribution in [0.15, 0.2) is 23.6 Å². The van der Waals surface area contributed by atoms with Crippen molar-refractivity contribution in [2.24, 2.45) is 0 Å². The lowest BCUT2D eigenvalue weighted by molar-refractivity contribution is 0.103. The van der Waals surface area contributed by atoms with Crippen LogP contribution in [-0.4, -0.2) is 5.91 Å². The van der Waals surface area contributed by atoms with Crippen molar-refractivity contribution >= 4 is 40.2 Å². The fourth-order valence-corrected chi connectivity index (χ4v) is 2.68. The van der Waals surface area contributed by atoms with Gasteiger partial charge in [-0.1, -0.05) is 11.6 Å². The Hall–Kier alpha value is -2.03. The molecule has 6 heteroatoms. The number of nitrogens with zero attached hydrogens (tertiary/aromatic N) is 1. The van der Waals surface area contributed by atoms with Crippen LogP contribution in [0.3, 0.4) is 0 Å². The zero-order valence-corrected chi connectivity index (χ0v) is 11.6.